The molecule has 1 aromatic rings. The van der Waals surface area contributed by atoms with Gasteiger partial charge in [-0.2, -0.15) is 0 Å². The van der Waals surface area contributed by atoms with Gasteiger partial charge in [-0.3, -0.25) is 4.79 Å². The summed E-state index contributed by atoms with van der Waals surface area (Å²) in [4.78, 5) is 16.4. The number of carbonyl (C=O) groups excluding carboxylic acids is 1. The normalized spacial score (nSPS) is 26.4. The number of rotatable bonds is 2. The van der Waals surface area contributed by atoms with Crippen LogP contribution in [0, 0.1) is 0 Å². The number of amides is 1. The molecule has 0 N–H and O–H groups in total. The van der Waals surface area contributed by atoms with E-state index >= 15 is 0 Å². The highest BCUT2D eigenvalue weighted by Crippen LogP contribution is 2.23. The summed E-state index contributed by atoms with van der Waals surface area (Å²) in [6, 6.07) is 9.35. The van der Waals surface area contributed by atoms with E-state index in [1.165, 1.54) is 6.08 Å². The molecule has 0 spiro atoms. The summed E-state index contributed by atoms with van der Waals surface area (Å²) in [5.41, 5.74) is 0.723. The van der Waals surface area contributed by atoms with Crippen LogP contribution in [-0.2, 0) is 4.79 Å². The van der Waals surface area contributed by atoms with Crippen LogP contribution >= 0.6 is 0 Å². The van der Waals surface area contributed by atoms with Crippen molar-refractivity contribution in [3.8, 4) is 0 Å². The fourth-order valence-corrected chi connectivity index (χ4v) is 3.05. The molecule has 0 aromatic heterocycles. The number of hydrogen-bond acceptors (Lipinski definition) is 2. The minimum absolute atomic E-state index is 0.205. The lowest BCUT2D eigenvalue weighted by atomic mass is 10.0. The van der Waals surface area contributed by atoms with E-state index in [1.54, 1.807) is 17.0 Å². The number of fused-ring (bicyclic) bond motifs is 4. The molecular formula is C16H19FN2O. The maximum atomic E-state index is 14.2. The van der Waals surface area contributed by atoms with Crippen LogP contribution in [0.4, 0.5) is 4.39 Å². The van der Waals surface area contributed by atoms with Crippen LogP contribution in [-0.4, -0.2) is 47.9 Å². The maximum absolute atomic E-state index is 14.2. The zero-order valence-corrected chi connectivity index (χ0v) is 11.5. The van der Waals surface area contributed by atoms with Gasteiger partial charge in [0.05, 0.1) is 0 Å². The van der Waals surface area contributed by atoms with Crippen LogP contribution in [0.15, 0.2) is 36.2 Å². The zero-order valence-electron chi connectivity index (χ0n) is 11.5. The van der Waals surface area contributed by atoms with Gasteiger partial charge in [-0.1, -0.05) is 30.3 Å². The predicted molar refractivity (Wildman–Crippen MR) is 76.7 cm³/mol. The Kier molecular flexibility index (Phi) is 3.83. The van der Waals surface area contributed by atoms with Crippen molar-refractivity contribution in [1.82, 2.24) is 9.80 Å². The molecule has 0 saturated carbocycles. The fraction of sp³-hybridized carbons (Fsp3) is 0.438. The molecule has 1 amide bonds. The van der Waals surface area contributed by atoms with Gasteiger partial charge < -0.3 is 9.80 Å². The molecule has 2 bridgehead atoms. The summed E-state index contributed by atoms with van der Waals surface area (Å²) in [6.07, 6.45) is 3.26. The van der Waals surface area contributed by atoms with Crippen LogP contribution in [0.25, 0.3) is 6.08 Å². The third-order valence-corrected chi connectivity index (χ3v) is 4.21. The minimum Gasteiger partial charge on any atom is -0.332 e. The molecular weight excluding hydrogens is 255 g/mol. The van der Waals surface area contributed by atoms with Gasteiger partial charge in [-0.25, -0.2) is 4.39 Å². The van der Waals surface area contributed by atoms with Crippen molar-refractivity contribution in [2.75, 3.05) is 26.2 Å². The first-order valence-corrected chi connectivity index (χ1v) is 7.19. The molecule has 0 atom stereocenters. The van der Waals surface area contributed by atoms with Crippen molar-refractivity contribution >= 4 is 12.0 Å². The molecule has 106 valence electrons. The molecule has 0 aliphatic carbocycles. The Morgan fingerprint density at radius 1 is 1.10 bits per heavy atom. The monoisotopic (exact) mass is 274 g/mol. The van der Waals surface area contributed by atoms with Gasteiger partial charge in [0.25, 0.3) is 5.91 Å². The van der Waals surface area contributed by atoms with Crippen LogP contribution < -0.4 is 0 Å². The highest BCUT2D eigenvalue weighted by Gasteiger charge is 2.33. The van der Waals surface area contributed by atoms with Crippen LogP contribution in [0.5, 0.6) is 0 Å². The molecule has 3 aliphatic heterocycles. The second kappa shape index (κ2) is 5.75. The number of halogens is 1. The highest BCUT2D eigenvalue weighted by atomic mass is 19.1. The lowest BCUT2D eigenvalue weighted by Gasteiger charge is -2.31. The van der Waals surface area contributed by atoms with Crippen molar-refractivity contribution in [1.29, 1.82) is 0 Å². The standard InChI is InChI=1S/C16H19FN2O/c17-15(12-13-4-2-1-3-5-13)16(20)19-11-10-18-8-6-14(19)7-9-18/h1-5,12,14H,6-11H2/b15-12-. The molecule has 20 heavy (non-hydrogen) atoms. The van der Waals surface area contributed by atoms with E-state index in [-0.39, 0.29) is 6.04 Å². The average molecular weight is 274 g/mol. The number of nitrogens with zero attached hydrogens (tertiary/aromatic N) is 2. The number of benzene rings is 1. The van der Waals surface area contributed by atoms with Crippen molar-refractivity contribution in [3.05, 3.63) is 41.7 Å². The molecule has 4 rings (SSSR count). The lowest BCUT2D eigenvalue weighted by Crippen LogP contribution is -2.41. The average Bonchev–Trinajstić information content (AvgIpc) is 2.81. The number of piperidine rings is 1. The van der Waals surface area contributed by atoms with E-state index in [4.69, 9.17) is 0 Å². The Labute approximate surface area is 118 Å². The zero-order chi connectivity index (χ0) is 13.9. The predicted octanol–water partition coefficient (Wildman–Crippen LogP) is 2.30. The fourth-order valence-electron chi connectivity index (χ4n) is 3.05. The Hall–Kier alpha value is -1.68. The van der Waals surface area contributed by atoms with Gasteiger partial charge in [0, 0.05) is 32.2 Å². The SMILES string of the molecule is O=C(/C(F)=C/c1ccccc1)N1CCN2CCC1CC2. The van der Waals surface area contributed by atoms with Gasteiger partial charge in [-0.05, 0) is 24.5 Å². The summed E-state index contributed by atoms with van der Waals surface area (Å²) in [5, 5.41) is 0. The van der Waals surface area contributed by atoms with E-state index in [0.717, 1.165) is 38.0 Å². The van der Waals surface area contributed by atoms with E-state index in [1.807, 2.05) is 18.2 Å². The molecule has 0 unspecified atom stereocenters. The smallest absolute Gasteiger partial charge is 0.282 e. The molecule has 4 heteroatoms. The highest BCUT2D eigenvalue weighted by molar-refractivity contribution is 5.95. The molecule has 3 heterocycles. The molecule has 3 aliphatic rings. The molecule has 1 aromatic carbocycles. The van der Waals surface area contributed by atoms with E-state index in [0.29, 0.717) is 6.54 Å². The van der Waals surface area contributed by atoms with Crippen LogP contribution in [0.3, 0.4) is 0 Å². The van der Waals surface area contributed by atoms with Gasteiger partial charge in [-0.15, -0.1) is 0 Å². The maximum Gasteiger partial charge on any atom is 0.282 e. The van der Waals surface area contributed by atoms with E-state index in [2.05, 4.69) is 4.90 Å². The second-order valence-corrected chi connectivity index (χ2v) is 5.47. The first-order valence-electron chi connectivity index (χ1n) is 7.19. The summed E-state index contributed by atoms with van der Waals surface area (Å²) in [7, 11) is 0. The Balaban J connectivity index is 1.76. The van der Waals surface area contributed by atoms with E-state index in [9.17, 15) is 9.18 Å². The third-order valence-electron chi connectivity index (χ3n) is 4.21. The largest absolute Gasteiger partial charge is 0.332 e. The quantitative estimate of drug-likeness (QED) is 0.773. The molecule has 3 saturated heterocycles. The summed E-state index contributed by atoms with van der Waals surface area (Å²) in [6.45, 7) is 3.55. The van der Waals surface area contributed by atoms with Crippen LogP contribution in [0.2, 0.25) is 0 Å². The molecule has 3 nitrogen and oxygen atoms in total. The van der Waals surface area contributed by atoms with E-state index < -0.39 is 11.7 Å². The molecule has 0 radical (unpaired) electrons. The van der Waals surface area contributed by atoms with Crippen molar-refractivity contribution in [3.63, 3.8) is 0 Å². The number of hydrogen-bond donors (Lipinski definition) is 0. The first kappa shape index (κ1) is 13.3. The van der Waals surface area contributed by atoms with Gasteiger partial charge in [0.1, 0.15) is 0 Å². The van der Waals surface area contributed by atoms with Gasteiger partial charge >= 0.3 is 0 Å². The topological polar surface area (TPSA) is 23.6 Å². The first-order chi connectivity index (χ1) is 9.74. The van der Waals surface area contributed by atoms with Gasteiger partial charge in [0.15, 0.2) is 5.83 Å². The Morgan fingerprint density at radius 3 is 2.50 bits per heavy atom. The summed E-state index contributed by atoms with van der Waals surface area (Å²) >= 11 is 0. The minimum atomic E-state index is -0.656. The van der Waals surface area contributed by atoms with Crippen molar-refractivity contribution in [2.24, 2.45) is 0 Å². The Bertz CT molecular complexity index is 506. The van der Waals surface area contributed by atoms with Crippen LogP contribution in [0.1, 0.15) is 18.4 Å². The van der Waals surface area contributed by atoms with Crippen molar-refractivity contribution < 1.29 is 9.18 Å². The Morgan fingerprint density at radius 2 is 1.80 bits per heavy atom. The third kappa shape index (κ3) is 2.75. The number of carbonyl (C=O) groups is 1. The van der Waals surface area contributed by atoms with Crippen molar-refractivity contribution in [2.45, 2.75) is 18.9 Å². The van der Waals surface area contributed by atoms with Gasteiger partial charge in [0.2, 0.25) is 0 Å². The summed E-state index contributed by atoms with van der Waals surface area (Å²) in [5.74, 6) is -1.11. The summed E-state index contributed by atoms with van der Waals surface area (Å²) < 4.78 is 14.2. The molecule has 3 fully saturated rings. The second-order valence-electron chi connectivity index (χ2n) is 5.47. The lowest BCUT2D eigenvalue weighted by molar-refractivity contribution is -0.130.